The first-order chi connectivity index (χ1) is 16.7. The molecule has 0 saturated carbocycles. The summed E-state index contributed by atoms with van der Waals surface area (Å²) in [4.78, 5) is 52.3. The molecule has 1 saturated heterocycles. The zero-order chi connectivity index (χ0) is 27.3. The fraction of sp³-hybridized carbons (Fsp3) is 0.583. The highest BCUT2D eigenvalue weighted by atomic mass is 19.4. The minimum atomic E-state index is -5.20. The van der Waals surface area contributed by atoms with Gasteiger partial charge in [-0.05, 0) is 12.8 Å². The third kappa shape index (κ3) is 5.97. The highest BCUT2D eigenvalue weighted by Gasteiger charge is 2.64. The number of carbonyl (C=O) groups excluding carboxylic acids is 4. The van der Waals surface area contributed by atoms with Gasteiger partial charge in [0, 0.05) is 31.7 Å². The van der Waals surface area contributed by atoms with Crippen LogP contribution in [0.4, 0.5) is 13.2 Å². The summed E-state index contributed by atoms with van der Waals surface area (Å²) in [5.74, 6) is -3.56. The summed E-state index contributed by atoms with van der Waals surface area (Å²) in [5, 5.41) is 4.91. The summed E-state index contributed by atoms with van der Waals surface area (Å²) < 4.78 is 52.2. The second-order valence-corrected chi connectivity index (χ2v) is 9.43. The predicted octanol–water partition coefficient (Wildman–Crippen LogP) is 1.90. The van der Waals surface area contributed by atoms with Gasteiger partial charge in [0.15, 0.2) is 0 Å². The van der Waals surface area contributed by atoms with Crippen molar-refractivity contribution in [2.45, 2.75) is 57.5 Å². The second-order valence-electron chi connectivity index (χ2n) is 9.43. The number of carbonyl (C=O) groups is 4. The molecule has 0 radical (unpaired) electrons. The zero-order valence-electron chi connectivity index (χ0n) is 20.9. The molecule has 1 aliphatic rings. The van der Waals surface area contributed by atoms with E-state index in [4.69, 9.17) is 9.47 Å². The third-order valence-corrected chi connectivity index (χ3v) is 5.92. The highest BCUT2D eigenvalue weighted by Crippen LogP contribution is 2.43. The van der Waals surface area contributed by atoms with Gasteiger partial charge in [0.05, 0.1) is 0 Å². The number of benzene rings is 1. The van der Waals surface area contributed by atoms with Gasteiger partial charge in [-0.3, -0.25) is 14.4 Å². The number of hydrogen-bond acceptors (Lipinski definition) is 6. The van der Waals surface area contributed by atoms with E-state index in [1.807, 2.05) is 0 Å². The molecule has 0 aromatic heterocycles. The molecule has 0 unspecified atom stereocenters. The Morgan fingerprint density at radius 2 is 1.72 bits per heavy atom. The number of amides is 3. The first kappa shape index (κ1) is 29.1. The van der Waals surface area contributed by atoms with Crippen LogP contribution in [0.1, 0.15) is 39.2 Å². The molecule has 12 heteroatoms. The van der Waals surface area contributed by atoms with Crippen molar-refractivity contribution in [1.29, 1.82) is 0 Å². The van der Waals surface area contributed by atoms with Crippen molar-refractivity contribution in [1.82, 2.24) is 15.5 Å². The number of rotatable bonds is 8. The molecule has 9 nitrogen and oxygen atoms in total. The molecule has 3 atom stereocenters. The lowest BCUT2D eigenvalue weighted by molar-refractivity contribution is -0.276. The number of ether oxygens (including phenoxy) is 2. The molecule has 36 heavy (non-hydrogen) atoms. The van der Waals surface area contributed by atoms with Gasteiger partial charge >= 0.3 is 12.1 Å². The zero-order valence-corrected chi connectivity index (χ0v) is 20.9. The summed E-state index contributed by atoms with van der Waals surface area (Å²) in [6.45, 7) is 4.03. The van der Waals surface area contributed by atoms with Gasteiger partial charge < -0.3 is 25.0 Å². The number of nitrogens with zero attached hydrogens (tertiary/aromatic N) is 1. The van der Waals surface area contributed by atoms with E-state index >= 15 is 0 Å². The SMILES string of the molecule is CNC(=O)[C@@H]1CCCN1C(=O)[C@H](COC(=O)[C@](OC)(c1ccccc1)C(F)(F)F)NC(=O)C(C)(C)C. The molecule has 1 aromatic rings. The van der Waals surface area contributed by atoms with Gasteiger partial charge in [0.25, 0.3) is 5.60 Å². The molecule has 0 aliphatic carbocycles. The van der Waals surface area contributed by atoms with Crippen molar-refractivity contribution < 1.29 is 41.8 Å². The van der Waals surface area contributed by atoms with Gasteiger partial charge in [-0.15, -0.1) is 0 Å². The summed E-state index contributed by atoms with van der Waals surface area (Å²) >= 11 is 0. The Hall–Kier alpha value is -3.15. The maximum atomic E-state index is 14.2. The first-order valence-electron chi connectivity index (χ1n) is 11.4. The Balaban J connectivity index is 2.37. The number of nitrogens with one attached hydrogen (secondary N) is 2. The summed E-state index contributed by atoms with van der Waals surface area (Å²) in [6.07, 6.45) is -4.31. The number of hydrogen-bond donors (Lipinski definition) is 2. The van der Waals surface area contributed by atoms with E-state index in [1.54, 1.807) is 20.8 Å². The van der Waals surface area contributed by atoms with Crippen molar-refractivity contribution in [3.63, 3.8) is 0 Å². The van der Waals surface area contributed by atoms with Crippen LogP contribution in [-0.4, -0.2) is 74.2 Å². The quantitative estimate of drug-likeness (QED) is 0.512. The largest absolute Gasteiger partial charge is 0.460 e. The van der Waals surface area contributed by atoms with Crippen molar-refractivity contribution in [2.24, 2.45) is 5.41 Å². The summed E-state index contributed by atoms with van der Waals surface area (Å²) in [7, 11) is 2.14. The smallest absolute Gasteiger partial charge is 0.432 e. The molecule has 1 heterocycles. The standard InChI is InChI=1S/C24H32F3N3O6/c1-22(2,3)20(33)29-16(19(32)30-13-9-12-17(30)18(31)28-4)14-36-21(34)23(35-5,24(25,26)27)15-10-7-6-8-11-15/h6-8,10-11,16-17H,9,12-14H2,1-5H3,(H,28,31)(H,29,33)/t16-,17-,23+/m0/s1. The fourth-order valence-electron chi connectivity index (χ4n) is 3.87. The highest BCUT2D eigenvalue weighted by molar-refractivity contribution is 5.93. The molecular weight excluding hydrogens is 483 g/mol. The topological polar surface area (TPSA) is 114 Å². The van der Waals surface area contributed by atoms with Crippen LogP contribution in [0.3, 0.4) is 0 Å². The van der Waals surface area contributed by atoms with E-state index in [1.165, 1.54) is 30.1 Å². The molecule has 0 spiro atoms. The van der Waals surface area contributed by atoms with Crippen molar-refractivity contribution in [3.8, 4) is 0 Å². The molecule has 3 amide bonds. The molecule has 2 N–H and O–H groups in total. The lowest BCUT2D eigenvalue weighted by Crippen LogP contribution is -2.57. The van der Waals surface area contributed by atoms with Crippen LogP contribution in [0.15, 0.2) is 30.3 Å². The Morgan fingerprint density at radius 1 is 1.11 bits per heavy atom. The maximum absolute atomic E-state index is 14.2. The van der Waals surface area contributed by atoms with Gasteiger partial charge in [-0.1, -0.05) is 51.1 Å². The average Bonchev–Trinajstić information content (AvgIpc) is 3.30. The van der Waals surface area contributed by atoms with E-state index in [0.717, 1.165) is 19.2 Å². The minimum Gasteiger partial charge on any atom is -0.460 e. The number of methoxy groups -OCH3 is 1. The predicted molar refractivity (Wildman–Crippen MR) is 122 cm³/mol. The average molecular weight is 516 g/mol. The Morgan fingerprint density at radius 3 is 2.22 bits per heavy atom. The van der Waals surface area contributed by atoms with Crippen LogP contribution in [0.2, 0.25) is 0 Å². The van der Waals surface area contributed by atoms with Gasteiger partial charge in [-0.25, -0.2) is 4.79 Å². The molecule has 0 bridgehead atoms. The van der Waals surface area contributed by atoms with Crippen LogP contribution in [0, 0.1) is 5.41 Å². The summed E-state index contributed by atoms with van der Waals surface area (Å²) in [6, 6.07) is 3.89. The Kier molecular flexibility index (Phi) is 9.11. The normalized spacial score (nSPS) is 18.7. The summed E-state index contributed by atoms with van der Waals surface area (Å²) in [5.41, 5.74) is -4.92. The van der Waals surface area contributed by atoms with E-state index < -0.39 is 65.1 Å². The lowest BCUT2D eigenvalue weighted by atomic mass is 9.92. The van der Waals surface area contributed by atoms with Crippen LogP contribution in [-0.2, 0) is 34.3 Å². The van der Waals surface area contributed by atoms with Crippen molar-refractivity contribution in [2.75, 3.05) is 27.3 Å². The van der Waals surface area contributed by atoms with Gasteiger partial charge in [0.2, 0.25) is 17.7 Å². The van der Waals surface area contributed by atoms with Crippen LogP contribution in [0.5, 0.6) is 0 Å². The van der Waals surface area contributed by atoms with E-state index in [2.05, 4.69) is 10.6 Å². The lowest BCUT2D eigenvalue weighted by Gasteiger charge is -2.34. The molecular formula is C24H32F3N3O6. The van der Waals surface area contributed by atoms with E-state index in [9.17, 15) is 32.3 Å². The molecule has 200 valence electrons. The number of likely N-dealkylation sites (tertiary alicyclic amines) is 1. The fourth-order valence-corrected chi connectivity index (χ4v) is 3.87. The van der Waals surface area contributed by atoms with E-state index in [-0.39, 0.29) is 6.54 Å². The van der Waals surface area contributed by atoms with Gasteiger partial charge in [-0.2, -0.15) is 13.2 Å². The monoisotopic (exact) mass is 515 g/mol. The third-order valence-electron chi connectivity index (χ3n) is 5.92. The number of likely N-dealkylation sites (N-methyl/N-ethyl adjacent to an activating group) is 1. The number of esters is 1. The maximum Gasteiger partial charge on any atom is 0.432 e. The van der Waals surface area contributed by atoms with Crippen LogP contribution >= 0.6 is 0 Å². The Labute approximate surface area is 207 Å². The van der Waals surface area contributed by atoms with Gasteiger partial charge in [0.1, 0.15) is 18.7 Å². The number of alkyl halides is 3. The second kappa shape index (κ2) is 11.3. The molecule has 2 rings (SSSR count). The minimum absolute atomic E-state index is 0.196. The van der Waals surface area contributed by atoms with Crippen molar-refractivity contribution >= 4 is 23.7 Å². The van der Waals surface area contributed by atoms with Crippen LogP contribution in [0.25, 0.3) is 0 Å². The Bertz CT molecular complexity index is 964. The molecule has 1 aliphatic heterocycles. The van der Waals surface area contributed by atoms with Crippen LogP contribution < -0.4 is 10.6 Å². The number of halogens is 3. The van der Waals surface area contributed by atoms with E-state index in [0.29, 0.717) is 12.8 Å². The molecule has 1 aromatic carbocycles. The first-order valence-corrected chi connectivity index (χ1v) is 11.4. The van der Waals surface area contributed by atoms with Crippen molar-refractivity contribution in [3.05, 3.63) is 35.9 Å². The molecule has 1 fully saturated rings.